The van der Waals surface area contributed by atoms with Gasteiger partial charge in [-0.05, 0) is 37.0 Å². The van der Waals surface area contributed by atoms with Crippen molar-refractivity contribution in [2.45, 2.75) is 46.1 Å². The molecule has 2 aliphatic rings. The summed E-state index contributed by atoms with van der Waals surface area (Å²) in [4.78, 5) is 39.4. The molecule has 213 valence electrons. The summed E-state index contributed by atoms with van der Waals surface area (Å²) >= 11 is 0. The molecular formula is C33H36N2O5Y-2. The van der Waals surface area contributed by atoms with Crippen LogP contribution in [0.2, 0.25) is 0 Å². The molecule has 0 unspecified atom stereocenters. The van der Waals surface area contributed by atoms with Crippen LogP contribution >= 0.6 is 0 Å². The van der Waals surface area contributed by atoms with Crippen molar-refractivity contribution in [3.05, 3.63) is 94.9 Å². The molecule has 2 heterocycles. The molecule has 0 aromatic heterocycles. The molecule has 1 saturated heterocycles. The molecule has 1 radical (unpaired) electrons. The van der Waals surface area contributed by atoms with E-state index in [2.05, 4.69) is 18.0 Å². The maximum Gasteiger partial charge on any atom is 0.256 e. The minimum atomic E-state index is 0. The molecule has 3 aromatic carbocycles. The van der Waals surface area contributed by atoms with E-state index < -0.39 is 0 Å². The number of nitrogens with zero attached hydrogens (tertiary/aromatic N) is 2. The Labute approximate surface area is 268 Å². The van der Waals surface area contributed by atoms with Gasteiger partial charge in [0.25, 0.3) is 5.91 Å². The number of hydrogen-bond acceptors (Lipinski definition) is 6. The van der Waals surface area contributed by atoms with Crippen LogP contribution in [-0.2, 0) is 37.5 Å². The van der Waals surface area contributed by atoms with Crippen LogP contribution in [0.5, 0.6) is 11.5 Å². The van der Waals surface area contributed by atoms with Gasteiger partial charge in [-0.15, -0.1) is 41.3 Å². The summed E-state index contributed by atoms with van der Waals surface area (Å²) in [7, 11) is 1.57. The molecule has 0 saturated carbocycles. The van der Waals surface area contributed by atoms with Gasteiger partial charge in [0.15, 0.2) is 11.5 Å². The fourth-order valence-corrected chi connectivity index (χ4v) is 4.79. The maximum atomic E-state index is 12.7. The normalized spacial score (nSPS) is 14.6. The molecule has 1 amide bonds. The van der Waals surface area contributed by atoms with Crippen LogP contribution in [0, 0.1) is 33.8 Å². The predicted molar refractivity (Wildman–Crippen MR) is 157 cm³/mol. The average Bonchev–Trinajstić information content (AvgIpc) is 3.39. The standard InChI is InChI=1S/C16H19N2O3.C16H15O.CH2O.Y/c1-3-7-21-15-9-13-12(8-14(15)20-2)16(19)18-6-4-5-11(18)10-17-13;1-11-8-12(2)10-14(9-11)16(17)15-7-5-4-6-13(15)3;1-2;/h8-11H,1,3-7H2,2H3;4-9H,1-3H3;1H2;/q2*-1;;/t11-;;;/m0.../s1. The molecule has 5 rings (SSSR count). The number of methoxy groups -OCH3 is 1. The van der Waals surface area contributed by atoms with Gasteiger partial charge in [0.1, 0.15) is 12.6 Å². The Morgan fingerprint density at radius 3 is 2.51 bits per heavy atom. The summed E-state index contributed by atoms with van der Waals surface area (Å²) in [6.45, 7) is 13.0. The van der Waals surface area contributed by atoms with Crippen molar-refractivity contribution in [3.8, 4) is 11.5 Å². The zero-order valence-corrected chi connectivity index (χ0v) is 27.1. The second-order valence-corrected chi connectivity index (χ2v) is 9.61. The van der Waals surface area contributed by atoms with Crippen LogP contribution in [0.3, 0.4) is 0 Å². The Morgan fingerprint density at radius 2 is 1.85 bits per heavy atom. The van der Waals surface area contributed by atoms with Crippen LogP contribution in [0.15, 0.2) is 53.5 Å². The van der Waals surface area contributed by atoms with Crippen molar-refractivity contribution in [1.82, 2.24) is 4.90 Å². The van der Waals surface area contributed by atoms with E-state index >= 15 is 0 Å². The summed E-state index contributed by atoms with van der Waals surface area (Å²) in [6.07, 6.45) is 4.54. The summed E-state index contributed by atoms with van der Waals surface area (Å²) in [5.74, 6) is 1.23. The topological polar surface area (TPSA) is 85.3 Å². The molecule has 0 bridgehead atoms. The van der Waals surface area contributed by atoms with E-state index in [1.165, 1.54) is 0 Å². The third kappa shape index (κ3) is 8.43. The van der Waals surface area contributed by atoms with Crippen molar-refractivity contribution in [1.29, 1.82) is 0 Å². The second kappa shape index (κ2) is 16.3. The zero-order valence-electron chi connectivity index (χ0n) is 24.2. The van der Waals surface area contributed by atoms with Crippen LogP contribution in [0.25, 0.3) is 0 Å². The first-order valence-electron chi connectivity index (χ1n) is 13.2. The van der Waals surface area contributed by atoms with Gasteiger partial charge >= 0.3 is 0 Å². The average molecular weight is 630 g/mol. The van der Waals surface area contributed by atoms with E-state index in [4.69, 9.17) is 14.3 Å². The van der Waals surface area contributed by atoms with Gasteiger partial charge in [0.05, 0.1) is 31.0 Å². The summed E-state index contributed by atoms with van der Waals surface area (Å²) in [5, 5.41) is 0. The Kier molecular flexibility index (Phi) is 13.6. The number of carbonyl (C=O) groups excluding carboxylic acids is 3. The van der Waals surface area contributed by atoms with Gasteiger partial charge in [0.2, 0.25) is 0 Å². The summed E-state index contributed by atoms with van der Waals surface area (Å²) in [6, 6.07) is 18.3. The minimum absolute atomic E-state index is 0. The Morgan fingerprint density at radius 1 is 1.12 bits per heavy atom. The first-order valence-corrected chi connectivity index (χ1v) is 13.2. The number of carbonyl (C=O) groups is 3. The first kappa shape index (κ1) is 34.0. The summed E-state index contributed by atoms with van der Waals surface area (Å²) in [5.41, 5.74) is 5.74. The molecule has 1 fully saturated rings. The van der Waals surface area contributed by atoms with Crippen LogP contribution in [0.1, 0.15) is 62.2 Å². The number of benzene rings is 3. The number of amides is 1. The third-order valence-corrected chi connectivity index (χ3v) is 6.64. The number of aliphatic imine (C=N–C) groups is 1. The zero-order chi connectivity index (χ0) is 29.2. The van der Waals surface area contributed by atoms with Gasteiger partial charge < -0.3 is 30.9 Å². The third-order valence-electron chi connectivity index (χ3n) is 6.64. The van der Waals surface area contributed by atoms with Crippen molar-refractivity contribution in [3.63, 3.8) is 0 Å². The monoisotopic (exact) mass is 629 g/mol. The number of ketones is 1. The number of rotatable bonds is 6. The number of hydrogen-bond donors (Lipinski definition) is 0. The Bertz CT molecular complexity index is 1370. The SMILES string of the molecule is C=O.Cc1[c-]c(C(=O)c2ccccc2C)cc(C)c1.[CH2-]CCOc1cc2c(cc1OC)C(=O)N1CCC[C@H]1C=N2.[Y]. The largest absolute Gasteiger partial charge is 0.493 e. The molecule has 3 aromatic rings. The molecular weight excluding hydrogens is 593 g/mol. The fourth-order valence-electron chi connectivity index (χ4n) is 4.79. The molecule has 0 N–H and O–H groups in total. The number of aryl methyl sites for hydroxylation is 3. The Balaban J connectivity index is 0.000000270. The van der Waals surface area contributed by atoms with Crippen molar-refractivity contribution < 1.29 is 56.6 Å². The van der Waals surface area contributed by atoms with Gasteiger partial charge in [0, 0.05) is 51.5 Å². The second-order valence-electron chi connectivity index (χ2n) is 9.61. The molecule has 1 atom stereocenters. The van der Waals surface area contributed by atoms with Crippen molar-refractivity contribution in [2.24, 2.45) is 4.99 Å². The van der Waals surface area contributed by atoms with E-state index in [9.17, 15) is 9.59 Å². The Hall–Kier alpha value is -3.16. The smallest absolute Gasteiger partial charge is 0.256 e. The van der Waals surface area contributed by atoms with E-state index in [1.807, 2.05) is 75.1 Å². The van der Waals surface area contributed by atoms with E-state index in [-0.39, 0.29) is 50.4 Å². The number of fused-ring (bicyclic) bond motifs is 2. The van der Waals surface area contributed by atoms with Gasteiger partial charge in [-0.25, -0.2) is 0 Å². The quantitative estimate of drug-likeness (QED) is 0.244. The van der Waals surface area contributed by atoms with Crippen molar-refractivity contribution in [2.75, 3.05) is 20.3 Å². The first-order chi connectivity index (χ1) is 19.3. The maximum absolute atomic E-state index is 12.7. The fraction of sp³-hybridized carbons (Fsp3) is 0.303. The van der Waals surface area contributed by atoms with Gasteiger partial charge in [-0.1, -0.05) is 38.1 Å². The van der Waals surface area contributed by atoms with E-state index in [0.29, 0.717) is 41.3 Å². The van der Waals surface area contributed by atoms with Crippen LogP contribution in [0.4, 0.5) is 5.69 Å². The number of ether oxygens (including phenoxy) is 2. The van der Waals surface area contributed by atoms with Crippen molar-refractivity contribution >= 4 is 30.4 Å². The van der Waals surface area contributed by atoms with Crippen LogP contribution in [-0.4, -0.2) is 55.9 Å². The molecule has 7 nitrogen and oxygen atoms in total. The summed E-state index contributed by atoms with van der Waals surface area (Å²) < 4.78 is 11.0. The molecule has 0 aliphatic carbocycles. The molecule has 41 heavy (non-hydrogen) atoms. The minimum Gasteiger partial charge on any atom is -0.493 e. The van der Waals surface area contributed by atoms with E-state index in [1.54, 1.807) is 19.2 Å². The van der Waals surface area contributed by atoms with Gasteiger partial charge in [-0.3, -0.25) is 9.79 Å². The van der Waals surface area contributed by atoms with Crippen LogP contribution < -0.4 is 9.47 Å². The van der Waals surface area contributed by atoms with Gasteiger partial charge in [-0.2, -0.15) is 0 Å². The predicted octanol–water partition coefficient (Wildman–Crippen LogP) is 6.07. The molecule has 8 heteroatoms. The van der Waals surface area contributed by atoms with E-state index in [0.717, 1.165) is 41.6 Å². The molecule has 2 aliphatic heterocycles. The molecule has 0 spiro atoms.